The minimum absolute atomic E-state index is 0.219. The Morgan fingerprint density at radius 1 is 1.29 bits per heavy atom. The lowest BCUT2D eigenvalue weighted by molar-refractivity contribution is -0.119. The molecule has 84 valence electrons. The second-order valence-corrected chi connectivity index (χ2v) is 4.15. The zero-order valence-electron chi connectivity index (χ0n) is 9.84. The zero-order valence-corrected chi connectivity index (χ0v) is 9.84. The van der Waals surface area contributed by atoms with Gasteiger partial charge in [-0.15, -0.1) is 0 Å². The summed E-state index contributed by atoms with van der Waals surface area (Å²) in [4.78, 5) is 10.9. The topological polar surface area (TPSA) is 55.1 Å². The lowest BCUT2D eigenvalue weighted by Crippen LogP contribution is -2.44. The third kappa shape index (κ3) is 5.22. The van der Waals surface area contributed by atoms with Gasteiger partial charge in [0.15, 0.2) is 0 Å². The zero-order chi connectivity index (χ0) is 11.1. The van der Waals surface area contributed by atoms with Crippen LogP contribution in [-0.2, 0) is 4.79 Å². The standard InChI is InChI=1S/C11H24N2O/c1-5-8(3)7-10(6-2)13-9(4)11(12)14/h8-10,13H,5-7H2,1-4H3,(H2,12,14). The first kappa shape index (κ1) is 13.4. The molecule has 3 N–H and O–H groups in total. The van der Waals surface area contributed by atoms with E-state index < -0.39 is 0 Å². The van der Waals surface area contributed by atoms with Gasteiger partial charge in [0.1, 0.15) is 0 Å². The SMILES string of the molecule is CCC(C)CC(CC)NC(C)C(N)=O. The summed E-state index contributed by atoms with van der Waals surface area (Å²) in [6.45, 7) is 8.38. The quantitative estimate of drug-likeness (QED) is 0.656. The van der Waals surface area contributed by atoms with Crippen LogP contribution in [-0.4, -0.2) is 18.0 Å². The van der Waals surface area contributed by atoms with Gasteiger partial charge in [0.2, 0.25) is 5.91 Å². The molecule has 3 unspecified atom stereocenters. The predicted octanol–water partition coefficient (Wildman–Crippen LogP) is 1.66. The summed E-state index contributed by atoms with van der Waals surface area (Å²) >= 11 is 0. The van der Waals surface area contributed by atoms with Crippen LogP contribution in [0.3, 0.4) is 0 Å². The van der Waals surface area contributed by atoms with Crippen molar-refractivity contribution in [1.82, 2.24) is 5.32 Å². The van der Waals surface area contributed by atoms with Gasteiger partial charge in [-0.25, -0.2) is 0 Å². The van der Waals surface area contributed by atoms with E-state index >= 15 is 0 Å². The van der Waals surface area contributed by atoms with Crippen LogP contribution in [0.1, 0.15) is 47.0 Å². The molecule has 0 aromatic carbocycles. The molecule has 0 aromatic rings. The maximum absolute atomic E-state index is 10.9. The summed E-state index contributed by atoms with van der Waals surface area (Å²) in [5, 5.41) is 3.26. The van der Waals surface area contributed by atoms with E-state index in [4.69, 9.17) is 5.73 Å². The fourth-order valence-corrected chi connectivity index (χ4v) is 1.44. The van der Waals surface area contributed by atoms with Crippen molar-refractivity contribution < 1.29 is 4.79 Å². The van der Waals surface area contributed by atoms with Crippen LogP contribution in [0, 0.1) is 5.92 Å². The van der Waals surface area contributed by atoms with Gasteiger partial charge >= 0.3 is 0 Å². The third-order valence-electron chi connectivity index (χ3n) is 2.79. The molecule has 0 saturated heterocycles. The molecule has 0 aliphatic carbocycles. The molecule has 0 aromatic heterocycles. The van der Waals surface area contributed by atoms with Gasteiger partial charge in [0.25, 0.3) is 0 Å². The first-order valence-corrected chi connectivity index (χ1v) is 5.56. The average Bonchev–Trinajstić information content (AvgIpc) is 2.16. The average molecular weight is 200 g/mol. The molecule has 0 heterocycles. The minimum atomic E-state index is -0.271. The van der Waals surface area contributed by atoms with E-state index in [0.29, 0.717) is 12.0 Å². The molecular formula is C11H24N2O. The predicted molar refractivity (Wildman–Crippen MR) is 59.9 cm³/mol. The Balaban J connectivity index is 3.96. The fraction of sp³-hybridized carbons (Fsp3) is 0.909. The largest absolute Gasteiger partial charge is 0.368 e. The molecule has 3 nitrogen and oxygen atoms in total. The lowest BCUT2D eigenvalue weighted by atomic mass is 9.97. The van der Waals surface area contributed by atoms with Gasteiger partial charge in [-0.1, -0.05) is 27.2 Å². The molecule has 0 aliphatic heterocycles. The summed E-state index contributed by atoms with van der Waals surface area (Å²) in [6, 6.07) is 0.191. The fourth-order valence-electron chi connectivity index (χ4n) is 1.44. The number of primary amides is 1. The summed E-state index contributed by atoms with van der Waals surface area (Å²) in [6.07, 6.45) is 3.34. The van der Waals surface area contributed by atoms with Gasteiger partial charge in [-0.2, -0.15) is 0 Å². The number of nitrogens with one attached hydrogen (secondary N) is 1. The Bertz CT molecular complexity index is 171. The lowest BCUT2D eigenvalue weighted by Gasteiger charge is -2.22. The number of hydrogen-bond acceptors (Lipinski definition) is 2. The molecule has 0 spiro atoms. The Morgan fingerprint density at radius 3 is 2.21 bits per heavy atom. The van der Waals surface area contributed by atoms with E-state index in [1.807, 2.05) is 6.92 Å². The Kier molecular flexibility index (Phi) is 6.54. The first-order chi connectivity index (χ1) is 6.51. The van der Waals surface area contributed by atoms with Crippen LogP contribution in [0.5, 0.6) is 0 Å². The maximum Gasteiger partial charge on any atom is 0.234 e. The molecule has 3 heteroatoms. The van der Waals surface area contributed by atoms with Gasteiger partial charge in [-0.3, -0.25) is 4.79 Å². The highest BCUT2D eigenvalue weighted by Gasteiger charge is 2.15. The van der Waals surface area contributed by atoms with Crippen LogP contribution in [0.2, 0.25) is 0 Å². The van der Waals surface area contributed by atoms with E-state index in [-0.39, 0.29) is 11.9 Å². The van der Waals surface area contributed by atoms with Gasteiger partial charge in [0.05, 0.1) is 6.04 Å². The Morgan fingerprint density at radius 2 is 1.86 bits per heavy atom. The minimum Gasteiger partial charge on any atom is -0.368 e. The van der Waals surface area contributed by atoms with Gasteiger partial charge in [-0.05, 0) is 25.7 Å². The summed E-state index contributed by atoms with van der Waals surface area (Å²) in [5.41, 5.74) is 5.20. The number of rotatable bonds is 7. The van der Waals surface area contributed by atoms with Crippen LogP contribution in [0.25, 0.3) is 0 Å². The molecule has 0 rings (SSSR count). The summed E-state index contributed by atoms with van der Waals surface area (Å²) in [7, 11) is 0. The van der Waals surface area contributed by atoms with Crippen LogP contribution >= 0.6 is 0 Å². The highest BCUT2D eigenvalue weighted by Crippen LogP contribution is 2.12. The van der Waals surface area contributed by atoms with E-state index in [1.54, 1.807) is 0 Å². The van der Waals surface area contributed by atoms with Crippen LogP contribution in [0.15, 0.2) is 0 Å². The van der Waals surface area contributed by atoms with Crippen molar-refractivity contribution in [2.45, 2.75) is 59.0 Å². The molecule has 1 amide bonds. The monoisotopic (exact) mass is 200 g/mol. The molecule has 0 bridgehead atoms. The van der Waals surface area contributed by atoms with Crippen molar-refractivity contribution >= 4 is 5.91 Å². The van der Waals surface area contributed by atoms with E-state index in [0.717, 1.165) is 12.8 Å². The molecule has 3 atom stereocenters. The number of nitrogens with two attached hydrogens (primary N) is 1. The number of carbonyl (C=O) groups excluding carboxylic acids is 1. The van der Waals surface area contributed by atoms with Crippen molar-refractivity contribution in [2.75, 3.05) is 0 Å². The number of hydrogen-bond donors (Lipinski definition) is 2. The van der Waals surface area contributed by atoms with Crippen molar-refractivity contribution in [3.63, 3.8) is 0 Å². The van der Waals surface area contributed by atoms with Crippen molar-refractivity contribution in [3.8, 4) is 0 Å². The first-order valence-electron chi connectivity index (χ1n) is 5.56. The summed E-state index contributed by atoms with van der Waals surface area (Å²) < 4.78 is 0. The van der Waals surface area contributed by atoms with E-state index in [2.05, 4.69) is 26.1 Å². The second kappa shape index (κ2) is 6.82. The molecule has 0 fully saturated rings. The smallest absolute Gasteiger partial charge is 0.234 e. The van der Waals surface area contributed by atoms with Crippen LogP contribution in [0.4, 0.5) is 0 Å². The molecular weight excluding hydrogens is 176 g/mol. The molecule has 0 aliphatic rings. The van der Waals surface area contributed by atoms with Gasteiger partial charge in [0, 0.05) is 6.04 Å². The maximum atomic E-state index is 10.9. The van der Waals surface area contributed by atoms with E-state index in [1.165, 1.54) is 6.42 Å². The molecule has 0 saturated carbocycles. The molecule has 0 radical (unpaired) electrons. The highest BCUT2D eigenvalue weighted by molar-refractivity contribution is 5.79. The summed E-state index contributed by atoms with van der Waals surface area (Å²) in [5.74, 6) is 0.431. The Hall–Kier alpha value is -0.570. The van der Waals surface area contributed by atoms with Crippen molar-refractivity contribution in [3.05, 3.63) is 0 Å². The van der Waals surface area contributed by atoms with E-state index in [9.17, 15) is 4.79 Å². The highest BCUT2D eigenvalue weighted by atomic mass is 16.1. The van der Waals surface area contributed by atoms with Crippen molar-refractivity contribution in [1.29, 1.82) is 0 Å². The number of amides is 1. The Labute approximate surface area is 87.4 Å². The van der Waals surface area contributed by atoms with Crippen LogP contribution < -0.4 is 11.1 Å². The number of carbonyl (C=O) groups is 1. The van der Waals surface area contributed by atoms with Gasteiger partial charge < -0.3 is 11.1 Å². The second-order valence-electron chi connectivity index (χ2n) is 4.15. The van der Waals surface area contributed by atoms with Crippen molar-refractivity contribution in [2.24, 2.45) is 11.7 Å². The third-order valence-corrected chi connectivity index (χ3v) is 2.79. The normalized spacial score (nSPS) is 17.4. The molecule has 14 heavy (non-hydrogen) atoms.